The molecule has 2 aliphatic rings. The molecule has 3 unspecified atom stereocenters. The van der Waals surface area contributed by atoms with Gasteiger partial charge in [0.2, 0.25) is 0 Å². The highest BCUT2D eigenvalue weighted by molar-refractivity contribution is 5.67. The third kappa shape index (κ3) is 3.68. The monoisotopic (exact) mass is 332 g/mol. The lowest BCUT2D eigenvalue weighted by Gasteiger charge is -2.23. The van der Waals surface area contributed by atoms with Crippen LogP contribution in [0.5, 0.6) is 11.5 Å². The van der Waals surface area contributed by atoms with Crippen molar-refractivity contribution >= 4 is 5.97 Å². The summed E-state index contributed by atoms with van der Waals surface area (Å²) in [7, 11) is 1.67. The van der Waals surface area contributed by atoms with E-state index in [1.54, 1.807) is 7.11 Å². The molecule has 2 aliphatic carbocycles. The zero-order valence-corrected chi connectivity index (χ0v) is 14.7. The molecule has 3 atom stereocenters. The first-order chi connectivity index (χ1) is 11.6. The number of rotatable bonds is 6. The second-order valence-electron chi connectivity index (χ2n) is 7.36. The van der Waals surface area contributed by atoms with Crippen LogP contribution in [0.1, 0.15) is 63.4 Å². The fourth-order valence-corrected chi connectivity index (χ4v) is 4.43. The van der Waals surface area contributed by atoms with Gasteiger partial charge in [0.05, 0.1) is 13.2 Å². The fraction of sp³-hybridized carbons (Fsp3) is 0.650. The van der Waals surface area contributed by atoms with Crippen LogP contribution in [0.4, 0.5) is 0 Å². The van der Waals surface area contributed by atoms with Crippen molar-refractivity contribution in [3.63, 3.8) is 0 Å². The molecule has 0 heterocycles. The number of methoxy groups -OCH3 is 1. The van der Waals surface area contributed by atoms with Crippen molar-refractivity contribution in [2.24, 2.45) is 11.8 Å². The van der Waals surface area contributed by atoms with Crippen LogP contribution in [-0.2, 0) is 4.79 Å². The van der Waals surface area contributed by atoms with Gasteiger partial charge in [-0.1, -0.05) is 13.0 Å². The standard InChI is InChI=1S/C20H28O4/c1-13-7-9-16(17(13)12-20(21)22)14-8-10-18(23-2)19(11-14)24-15-5-3-4-6-15/h8,10-11,13,15-17H,3-7,9,12H2,1-2H3,(H,21,22). The van der Waals surface area contributed by atoms with Crippen molar-refractivity contribution in [3.8, 4) is 11.5 Å². The van der Waals surface area contributed by atoms with Crippen LogP contribution in [0.3, 0.4) is 0 Å². The summed E-state index contributed by atoms with van der Waals surface area (Å²) in [6.45, 7) is 2.17. The first kappa shape index (κ1) is 17.1. The van der Waals surface area contributed by atoms with Crippen molar-refractivity contribution < 1.29 is 19.4 Å². The molecule has 0 saturated heterocycles. The van der Waals surface area contributed by atoms with Gasteiger partial charge >= 0.3 is 5.97 Å². The quantitative estimate of drug-likeness (QED) is 0.826. The predicted octanol–water partition coefficient (Wildman–Crippen LogP) is 4.62. The Bertz CT molecular complexity index is 577. The van der Waals surface area contributed by atoms with Crippen molar-refractivity contribution in [1.82, 2.24) is 0 Å². The van der Waals surface area contributed by atoms with Crippen LogP contribution in [-0.4, -0.2) is 24.3 Å². The molecule has 4 heteroatoms. The minimum Gasteiger partial charge on any atom is -0.493 e. The number of hydrogen-bond donors (Lipinski definition) is 1. The molecule has 0 aliphatic heterocycles. The van der Waals surface area contributed by atoms with Crippen molar-refractivity contribution in [2.75, 3.05) is 7.11 Å². The summed E-state index contributed by atoms with van der Waals surface area (Å²) in [6, 6.07) is 6.15. The van der Waals surface area contributed by atoms with E-state index in [9.17, 15) is 9.90 Å². The molecule has 0 spiro atoms. The highest BCUT2D eigenvalue weighted by atomic mass is 16.5. The summed E-state index contributed by atoms with van der Waals surface area (Å²) in [5, 5.41) is 9.24. The van der Waals surface area contributed by atoms with Gasteiger partial charge in [-0.25, -0.2) is 0 Å². The van der Waals surface area contributed by atoms with E-state index in [1.807, 2.05) is 6.07 Å². The average Bonchev–Trinajstić information content (AvgIpc) is 3.18. The predicted molar refractivity (Wildman–Crippen MR) is 92.8 cm³/mol. The third-order valence-electron chi connectivity index (χ3n) is 5.80. The lowest BCUT2D eigenvalue weighted by Crippen LogP contribution is -2.17. The Morgan fingerprint density at radius 2 is 1.92 bits per heavy atom. The Balaban J connectivity index is 1.83. The smallest absolute Gasteiger partial charge is 0.303 e. The summed E-state index contributed by atoms with van der Waals surface area (Å²) in [5.74, 6) is 1.84. The van der Waals surface area contributed by atoms with Crippen molar-refractivity contribution in [3.05, 3.63) is 23.8 Å². The zero-order chi connectivity index (χ0) is 17.1. The Kier molecular flexibility index (Phi) is 5.32. The number of carboxylic acid groups (broad SMARTS) is 1. The minimum atomic E-state index is -0.699. The van der Waals surface area contributed by atoms with E-state index in [2.05, 4.69) is 19.1 Å². The van der Waals surface area contributed by atoms with E-state index in [4.69, 9.17) is 9.47 Å². The summed E-state index contributed by atoms with van der Waals surface area (Å²) < 4.78 is 11.7. The molecule has 3 rings (SSSR count). The number of ether oxygens (including phenoxy) is 2. The molecule has 1 N–H and O–H groups in total. The SMILES string of the molecule is COc1ccc(C2CCC(C)C2CC(=O)O)cc1OC1CCCC1. The Morgan fingerprint density at radius 1 is 1.17 bits per heavy atom. The maximum Gasteiger partial charge on any atom is 0.303 e. The van der Waals surface area contributed by atoms with E-state index < -0.39 is 5.97 Å². The van der Waals surface area contributed by atoms with Crippen LogP contribution >= 0.6 is 0 Å². The molecule has 0 bridgehead atoms. The molecule has 0 radical (unpaired) electrons. The number of carbonyl (C=O) groups is 1. The third-order valence-corrected chi connectivity index (χ3v) is 5.80. The van der Waals surface area contributed by atoms with Gasteiger partial charge in [-0.3, -0.25) is 4.79 Å². The van der Waals surface area contributed by atoms with E-state index in [0.29, 0.717) is 11.8 Å². The van der Waals surface area contributed by atoms with Crippen molar-refractivity contribution in [1.29, 1.82) is 0 Å². The molecule has 4 nitrogen and oxygen atoms in total. The average molecular weight is 332 g/mol. The molecule has 2 fully saturated rings. The van der Waals surface area contributed by atoms with Crippen LogP contribution < -0.4 is 9.47 Å². The largest absolute Gasteiger partial charge is 0.493 e. The van der Waals surface area contributed by atoms with Crippen molar-refractivity contribution in [2.45, 2.75) is 63.9 Å². The summed E-state index contributed by atoms with van der Waals surface area (Å²) in [4.78, 5) is 11.2. The van der Waals surface area contributed by atoms with Crippen LogP contribution in [0.25, 0.3) is 0 Å². The van der Waals surface area contributed by atoms with Gasteiger partial charge < -0.3 is 14.6 Å². The summed E-state index contributed by atoms with van der Waals surface area (Å²) >= 11 is 0. The second-order valence-corrected chi connectivity index (χ2v) is 7.36. The number of hydrogen-bond acceptors (Lipinski definition) is 3. The first-order valence-corrected chi connectivity index (χ1v) is 9.15. The van der Waals surface area contributed by atoms with Crippen LogP contribution in [0, 0.1) is 11.8 Å². The van der Waals surface area contributed by atoms with Gasteiger partial charge in [0.25, 0.3) is 0 Å². The number of carboxylic acids is 1. The topological polar surface area (TPSA) is 55.8 Å². The number of benzene rings is 1. The fourth-order valence-electron chi connectivity index (χ4n) is 4.43. The van der Waals surface area contributed by atoms with Gasteiger partial charge in [0.1, 0.15) is 0 Å². The highest BCUT2D eigenvalue weighted by Gasteiger charge is 2.36. The molecule has 0 aromatic heterocycles. The lowest BCUT2D eigenvalue weighted by molar-refractivity contribution is -0.138. The van der Waals surface area contributed by atoms with E-state index in [1.165, 1.54) is 18.4 Å². The van der Waals surface area contributed by atoms with E-state index >= 15 is 0 Å². The van der Waals surface area contributed by atoms with Gasteiger partial charge in [-0.2, -0.15) is 0 Å². The van der Waals surface area contributed by atoms with Crippen LogP contribution in [0.2, 0.25) is 0 Å². The molecular formula is C20H28O4. The van der Waals surface area contributed by atoms with E-state index in [-0.39, 0.29) is 18.4 Å². The van der Waals surface area contributed by atoms with E-state index in [0.717, 1.165) is 37.2 Å². The van der Waals surface area contributed by atoms with Gasteiger partial charge in [-0.05, 0) is 74.0 Å². The molecule has 1 aromatic carbocycles. The highest BCUT2D eigenvalue weighted by Crippen LogP contribution is 2.47. The first-order valence-electron chi connectivity index (χ1n) is 9.15. The molecule has 1 aromatic rings. The molecule has 2 saturated carbocycles. The summed E-state index contributed by atoms with van der Waals surface area (Å²) in [6.07, 6.45) is 7.34. The zero-order valence-electron chi connectivity index (χ0n) is 14.7. The lowest BCUT2D eigenvalue weighted by atomic mass is 9.83. The molecule has 132 valence electrons. The van der Waals surface area contributed by atoms with Gasteiger partial charge in [0, 0.05) is 6.42 Å². The normalized spacial score (nSPS) is 27.3. The summed E-state index contributed by atoms with van der Waals surface area (Å²) in [5.41, 5.74) is 1.19. The molecule has 24 heavy (non-hydrogen) atoms. The Labute approximate surface area is 144 Å². The molecule has 0 amide bonds. The van der Waals surface area contributed by atoms with Crippen LogP contribution in [0.15, 0.2) is 18.2 Å². The second kappa shape index (κ2) is 7.45. The van der Waals surface area contributed by atoms with Gasteiger partial charge in [-0.15, -0.1) is 0 Å². The Hall–Kier alpha value is -1.71. The maximum atomic E-state index is 11.2. The minimum absolute atomic E-state index is 0.204. The number of aliphatic carboxylic acids is 1. The maximum absolute atomic E-state index is 11.2. The Morgan fingerprint density at radius 3 is 2.58 bits per heavy atom. The molecular weight excluding hydrogens is 304 g/mol. The van der Waals surface area contributed by atoms with Gasteiger partial charge in [0.15, 0.2) is 11.5 Å².